The Bertz CT molecular complexity index is 369. The maximum atomic E-state index is 12.4. The van der Waals surface area contributed by atoms with Crippen molar-refractivity contribution < 1.29 is 19.4 Å². The summed E-state index contributed by atoms with van der Waals surface area (Å²) in [6.45, 7) is 1.59. The third-order valence-electron chi connectivity index (χ3n) is 4.43. The zero-order chi connectivity index (χ0) is 15.2. The number of aliphatic hydroxyl groups is 1. The summed E-state index contributed by atoms with van der Waals surface area (Å²) in [6, 6.07) is 0.279. The van der Waals surface area contributed by atoms with Crippen LogP contribution in [-0.4, -0.2) is 72.2 Å². The van der Waals surface area contributed by atoms with Crippen molar-refractivity contribution in [2.75, 3.05) is 33.3 Å². The van der Waals surface area contributed by atoms with Crippen LogP contribution in [0.25, 0.3) is 0 Å². The van der Waals surface area contributed by atoms with Crippen molar-refractivity contribution in [2.45, 2.75) is 50.7 Å². The molecule has 1 aliphatic carbocycles. The summed E-state index contributed by atoms with van der Waals surface area (Å²) < 4.78 is 4.62. The van der Waals surface area contributed by atoms with E-state index in [4.69, 9.17) is 0 Å². The standard InChI is InChI=1S/C15H26N2O4/c1-21-15(20)7-8-16-9-13(18)10-17(14(19)11-16)12-5-3-2-4-6-12/h12-13,18H,2-11H2,1H3. The van der Waals surface area contributed by atoms with Gasteiger partial charge in [0.1, 0.15) is 0 Å². The van der Waals surface area contributed by atoms with Crippen LogP contribution in [0.5, 0.6) is 0 Å². The van der Waals surface area contributed by atoms with Gasteiger partial charge in [0.05, 0.1) is 26.2 Å². The number of β-amino-alcohol motifs (C(OH)–C–C–N with tert-alkyl or cyclic N) is 1. The lowest BCUT2D eigenvalue weighted by Gasteiger charge is -2.34. The van der Waals surface area contributed by atoms with Gasteiger partial charge in [0.2, 0.25) is 5.91 Å². The van der Waals surface area contributed by atoms with Crippen LogP contribution in [0.1, 0.15) is 38.5 Å². The number of hydrogen-bond acceptors (Lipinski definition) is 5. The van der Waals surface area contributed by atoms with Crippen LogP contribution in [0.4, 0.5) is 0 Å². The molecule has 0 spiro atoms. The number of amides is 1. The van der Waals surface area contributed by atoms with Gasteiger partial charge in [-0.15, -0.1) is 0 Å². The van der Waals surface area contributed by atoms with Crippen molar-refractivity contribution in [2.24, 2.45) is 0 Å². The number of hydrogen-bond donors (Lipinski definition) is 1. The molecule has 1 saturated heterocycles. The summed E-state index contributed by atoms with van der Waals surface area (Å²) in [6.07, 6.45) is 5.36. The largest absolute Gasteiger partial charge is 0.469 e. The van der Waals surface area contributed by atoms with Crippen molar-refractivity contribution in [3.05, 3.63) is 0 Å². The normalized spacial score (nSPS) is 25.7. The lowest BCUT2D eigenvalue weighted by atomic mass is 9.94. The van der Waals surface area contributed by atoms with Crippen molar-refractivity contribution in [3.8, 4) is 0 Å². The molecule has 1 unspecified atom stereocenters. The molecule has 0 radical (unpaired) electrons. The zero-order valence-corrected chi connectivity index (χ0v) is 12.8. The molecule has 1 saturated carbocycles. The lowest BCUT2D eigenvalue weighted by molar-refractivity contribution is -0.141. The first-order valence-electron chi connectivity index (χ1n) is 7.87. The molecule has 1 heterocycles. The van der Waals surface area contributed by atoms with Gasteiger partial charge in [0.15, 0.2) is 0 Å². The molecule has 0 bridgehead atoms. The highest BCUT2D eigenvalue weighted by Crippen LogP contribution is 2.24. The molecule has 2 aliphatic rings. The van der Waals surface area contributed by atoms with Crippen LogP contribution < -0.4 is 0 Å². The van der Waals surface area contributed by atoms with E-state index in [9.17, 15) is 14.7 Å². The average Bonchev–Trinajstić information content (AvgIpc) is 2.64. The molecule has 1 aliphatic heterocycles. The Morgan fingerprint density at radius 2 is 2.00 bits per heavy atom. The van der Waals surface area contributed by atoms with Crippen molar-refractivity contribution in [1.29, 1.82) is 0 Å². The van der Waals surface area contributed by atoms with E-state index < -0.39 is 6.10 Å². The monoisotopic (exact) mass is 298 g/mol. The maximum Gasteiger partial charge on any atom is 0.306 e. The quantitative estimate of drug-likeness (QED) is 0.760. The van der Waals surface area contributed by atoms with E-state index in [1.165, 1.54) is 13.5 Å². The zero-order valence-electron chi connectivity index (χ0n) is 12.8. The number of carbonyl (C=O) groups excluding carboxylic acids is 2. The minimum Gasteiger partial charge on any atom is -0.469 e. The summed E-state index contributed by atoms with van der Waals surface area (Å²) in [5, 5.41) is 10.1. The predicted octanol–water partition coefficient (Wildman–Crippen LogP) is 0.387. The van der Waals surface area contributed by atoms with Gasteiger partial charge in [-0.2, -0.15) is 0 Å². The Labute approximate surface area is 126 Å². The van der Waals surface area contributed by atoms with E-state index in [0.29, 0.717) is 19.6 Å². The van der Waals surface area contributed by atoms with E-state index in [2.05, 4.69) is 4.74 Å². The van der Waals surface area contributed by atoms with Crippen LogP contribution in [0, 0.1) is 0 Å². The van der Waals surface area contributed by atoms with Gasteiger partial charge < -0.3 is 14.7 Å². The van der Waals surface area contributed by atoms with Crippen molar-refractivity contribution >= 4 is 11.9 Å². The number of carbonyl (C=O) groups is 2. The molecule has 6 nitrogen and oxygen atoms in total. The molecule has 0 aromatic carbocycles. The number of nitrogens with zero attached hydrogens (tertiary/aromatic N) is 2. The molecule has 6 heteroatoms. The Morgan fingerprint density at radius 1 is 1.29 bits per heavy atom. The molecule has 1 amide bonds. The van der Waals surface area contributed by atoms with Crippen molar-refractivity contribution in [1.82, 2.24) is 9.80 Å². The molecule has 2 rings (SSSR count). The predicted molar refractivity (Wildman–Crippen MR) is 77.7 cm³/mol. The summed E-state index contributed by atoms with van der Waals surface area (Å²) in [5.41, 5.74) is 0. The number of methoxy groups -OCH3 is 1. The summed E-state index contributed by atoms with van der Waals surface area (Å²) in [4.78, 5) is 27.4. The third kappa shape index (κ3) is 4.68. The van der Waals surface area contributed by atoms with Gasteiger partial charge >= 0.3 is 5.97 Å². The second-order valence-electron chi connectivity index (χ2n) is 6.05. The Hall–Kier alpha value is -1.14. The highest BCUT2D eigenvalue weighted by molar-refractivity contribution is 5.79. The van der Waals surface area contributed by atoms with Gasteiger partial charge in [-0.1, -0.05) is 19.3 Å². The summed E-state index contributed by atoms with van der Waals surface area (Å²) >= 11 is 0. The first-order valence-corrected chi connectivity index (χ1v) is 7.87. The molecule has 0 aromatic heterocycles. The lowest BCUT2D eigenvalue weighted by Crippen LogP contribution is -2.45. The van der Waals surface area contributed by atoms with Gasteiger partial charge in [-0.3, -0.25) is 14.5 Å². The minimum absolute atomic E-state index is 0.0725. The fourth-order valence-electron chi connectivity index (χ4n) is 3.30. The number of esters is 1. The summed E-state index contributed by atoms with van der Waals surface area (Å²) in [5.74, 6) is -0.214. The molecule has 120 valence electrons. The molecule has 21 heavy (non-hydrogen) atoms. The Morgan fingerprint density at radius 3 is 2.67 bits per heavy atom. The smallest absolute Gasteiger partial charge is 0.306 e. The van der Waals surface area contributed by atoms with Gasteiger partial charge in [0.25, 0.3) is 0 Å². The van der Waals surface area contributed by atoms with E-state index >= 15 is 0 Å². The van der Waals surface area contributed by atoms with Crippen molar-refractivity contribution in [3.63, 3.8) is 0 Å². The van der Waals surface area contributed by atoms with E-state index in [-0.39, 0.29) is 30.9 Å². The summed E-state index contributed by atoms with van der Waals surface area (Å²) in [7, 11) is 1.36. The number of rotatable bonds is 4. The van der Waals surface area contributed by atoms with E-state index in [0.717, 1.165) is 25.7 Å². The fraction of sp³-hybridized carbons (Fsp3) is 0.867. The molecule has 0 aromatic rings. The van der Waals surface area contributed by atoms with Crippen LogP contribution in [0.3, 0.4) is 0 Å². The minimum atomic E-state index is -0.545. The van der Waals surface area contributed by atoms with E-state index in [1.807, 2.05) is 9.80 Å². The van der Waals surface area contributed by atoms with Crippen LogP contribution in [0.2, 0.25) is 0 Å². The second-order valence-corrected chi connectivity index (χ2v) is 6.05. The SMILES string of the molecule is COC(=O)CCN1CC(=O)N(C2CCCCC2)CC(O)C1. The Kier molecular flexibility index (Phi) is 5.99. The molecular weight excluding hydrogens is 272 g/mol. The first kappa shape index (κ1) is 16.2. The molecule has 1 N–H and O–H groups in total. The number of ether oxygens (including phenoxy) is 1. The third-order valence-corrected chi connectivity index (χ3v) is 4.43. The van der Waals surface area contributed by atoms with E-state index in [1.54, 1.807) is 0 Å². The first-order chi connectivity index (χ1) is 10.1. The van der Waals surface area contributed by atoms with Crippen LogP contribution in [-0.2, 0) is 14.3 Å². The maximum absolute atomic E-state index is 12.4. The average molecular weight is 298 g/mol. The van der Waals surface area contributed by atoms with Crippen LogP contribution >= 0.6 is 0 Å². The topological polar surface area (TPSA) is 70.1 Å². The molecule has 1 atom stereocenters. The second kappa shape index (κ2) is 7.75. The fourth-order valence-corrected chi connectivity index (χ4v) is 3.30. The Balaban J connectivity index is 1.92. The highest BCUT2D eigenvalue weighted by atomic mass is 16.5. The highest BCUT2D eigenvalue weighted by Gasteiger charge is 2.32. The van der Waals surface area contributed by atoms with Gasteiger partial charge in [0, 0.05) is 25.7 Å². The van der Waals surface area contributed by atoms with Gasteiger partial charge in [-0.05, 0) is 12.8 Å². The van der Waals surface area contributed by atoms with Crippen LogP contribution in [0.15, 0.2) is 0 Å². The number of aliphatic hydroxyl groups excluding tert-OH is 1. The molecule has 2 fully saturated rings. The molecular formula is C15H26N2O4. The van der Waals surface area contributed by atoms with Gasteiger partial charge in [-0.25, -0.2) is 0 Å².